The lowest BCUT2D eigenvalue weighted by Crippen LogP contribution is -2.52. The number of hydrogen-bond acceptors (Lipinski definition) is 3. The van der Waals surface area contributed by atoms with Crippen LogP contribution in [0.4, 0.5) is 0 Å². The van der Waals surface area contributed by atoms with E-state index in [0.717, 1.165) is 0 Å². The molecule has 0 saturated heterocycles. The molecule has 0 aliphatic carbocycles. The predicted octanol–water partition coefficient (Wildman–Crippen LogP) is -0.105. The van der Waals surface area contributed by atoms with Crippen molar-refractivity contribution in [1.29, 1.82) is 0 Å². The van der Waals surface area contributed by atoms with Crippen LogP contribution in [-0.4, -0.2) is 54.0 Å². The summed E-state index contributed by atoms with van der Waals surface area (Å²) in [6.45, 7) is 2.25. The van der Waals surface area contributed by atoms with Gasteiger partial charge < -0.3 is 4.98 Å². The second-order valence-electron chi connectivity index (χ2n) is 3.61. The van der Waals surface area contributed by atoms with E-state index in [1.165, 1.54) is 12.5 Å². The SMILES string of the molecule is CCC[SiH2]NC(N(C)C)N(C)C. The third-order valence-corrected chi connectivity index (χ3v) is 3.55. The van der Waals surface area contributed by atoms with Gasteiger partial charge >= 0.3 is 0 Å². The molecule has 1 N–H and O–H groups in total. The van der Waals surface area contributed by atoms with Crippen molar-refractivity contribution >= 4 is 9.68 Å². The minimum atomic E-state index is -0.0551. The molecule has 0 radical (unpaired) electrons. The predicted molar refractivity (Wildman–Crippen MR) is 57.9 cm³/mol. The van der Waals surface area contributed by atoms with Crippen molar-refractivity contribution in [2.75, 3.05) is 28.2 Å². The fourth-order valence-corrected chi connectivity index (χ4v) is 2.78. The van der Waals surface area contributed by atoms with Crippen LogP contribution in [0.5, 0.6) is 0 Å². The Hall–Kier alpha value is 0.0969. The number of nitrogens with one attached hydrogen (secondary N) is 1. The van der Waals surface area contributed by atoms with Gasteiger partial charge in [-0.15, -0.1) is 0 Å². The lowest BCUT2D eigenvalue weighted by Gasteiger charge is -2.31. The van der Waals surface area contributed by atoms with E-state index in [1.54, 1.807) is 0 Å². The molecule has 0 aromatic rings. The van der Waals surface area contributed by atoms with E-state index in [4.69, 9.17) is 0 Å². The Kier molecular flexibility index (Phi) is 6.65. The lowest BCUT2D eigenvalue weighted by atomic mass is 10.6. The summed E-state index contributed by atoms with van der Waals surface area (Å²) in [7, 11) is 8.38. The van der Waals surface area contributed by atoms with Crippen LogP contribution >= 0.6 is 0 Å². The average molecular weight is 189 g/mol. The Morgan fingerprint density at radius 2 is 1.67 bits per heavy atom. The van der Waals surface area contributed by atoms with Crippen molar-refractivity contribution in [2.45, 2.75) is 25.7 Å². The van der Waals surface area contributed by atoms with Gasteiger partial charge in [-0.25, -0.2) is 0 Å². The summed E-state index contributed by atoms with van der Waals surface area (Å²) in [6.07, 6.45) is 1.73. The van der Waals surface area contributed by atoms with E-state index < -0.39 is 0 Å². The molecule has 0 spiro atoms. The minimum absolute atomic E-state index is 0.0551. The first-order valence-electron chi connectivity index (χ1n) is 4.65. The molecule has 0 rings (SSSR count). The molecular formula is C8H23N3Si. The third kappa shape index (κ3) is 4.87. The molecule has 0 bridgehead atoms. The van der Waals surface area contributed by atoms with Gasteiger partial charge in [-0.2, -0.15) is 0 Å². The van der Waals surface area contributed by atoms with E-state index in [1.807, 2.05) is 0 Å². The quantitative estimate of drug-likeness (QED) is 0.357. The van der Waals surface area contributed by atoms with E-state index >= 15 is 0 Å². The molecule has 4 heteroatoms. The standard InChI is InChI=1S/C8H23N3Si/c1-6-7-12-9-8(10(2)3)11(4)5/h8-9H,6-7,12H2,1-5H3. The Bertz CT molecular complexity index is 98.5. The maximum absolute atomic E-state index is 3.61. The Morgan fingerprint density at radius 3 is 2.00 bits per heavy atom. The monoisotopic (exact) mass is 189 g/mol. The van der Waals surface area contributed by atoms with Crippen LogP contribution in [0.1, 0.15) is 13.3 Å². The molecule has 3 nitrogen and oxygen atoms in total. The highest BCUT2D eigenvalue weighted by Crippen LogP contribution is 1.92. The fourth-order valence-electron chi connectivity index (χ4n) is 1.23. The van der Waals surface area contributed by atoms with Crippen molar-refractivity contribution in [3.05, 3.63) is 0 Å². The van der Waals surface area contributed by atoms with Crippen LogP contribution in [0.15, 0.2) is 0 Å². The molecule has 0 heterocycles. The zero-order valence-electron chi connectivity index (χ0n) is 9.09. The number of rotatable bonds is 6. The van der Waals surface area contributed by atoms with Crippen molar-refractivity contribution in [2.24, 2.45) is 0 Å². The third-order valence-electron chi connectivity index (χ3n) is 1.84. The fraction of sp³-hybridized carbons (Fsp3) is 1.00. The van der Waals surface area contributed by atoms with E-state index in [9.17, 15) is 0 Å². The number of nitrogens with zero attached hydrogens (tertiary/aromatic N) is 2. The van der Waals surface area contributed by atoms with Gasteiger partial charge in [0.2, 0.25) is 0 Å². The molecular weight excluding hydrogens is 166 g/mol. The molecule has 0 aliphatic heterocycles. The highest BCUT2D eigenvalue weighted by Gasteiger charge is 2.10. The molecule has 74 valence electrons. The first kappa shape index (κ1) is 12.1. The van der Waals surface area contributed by atoms with E-state index in [2.05, 4.69) is 49.9 Å². The van der Waals surface area contributed by atoms with Gasteiger partial charge in [0.05, 0.1) is 9.68 Å². The summed E-state index contributed by atoms with van der Waals surface area (Å²) in [4.78, 5) is 8.03. The molecule has 0 fully saturated rings. The summed E-state index contributed by atoms with van der Waals surface area (Å²) < 4.78 is 0. The van der Waals surface area contributed by atoms with Gasteiger partial charge in [-0.1, -0.05) is 19.4 Å². The zero-order chi connectivity index (χ0) is 9.56. The van der Waals surface area contributed by atoms with Crippen LogP contribution in [0.25, 0.3) is 0 Å². The van der Waals surface area contributed by atoms with Crippen molar-refractivity contribution in [1.82, 2.24) is 14.8 Å². The first-order valence-corrected chi connectivity index (χ1v) is 6.36. The summed E-state index contributed by atoms with van der Waals surface area (Å²) in [5.41, 5.74) is 0. The summed E-state index contributed by atoms with van der Waals surface area (Å²) >= 11 is 0. The maximum Gasteiger partial charge on any atom is 0.109 e. The van der Waals surface area contributed by atoms with Crippen LogP contribution in [0.3, 0.4) is 0 Å². The largest absolute Gasteiger partial charge is 0.316 e. The molecule has 0 atom stereocenters. The first-order chi connectivity index (χ1) is 5.59. The van der Waals surface area contributed by atoms with Crippen molar-refractivity contribution < 1.29 is 0 Å². The van der Waals surface area contributed by atoms with Gasteiger partial charge in [0.25, 0.3) is 0 Å². The van der Waals surface area contributed by atoms with Gasteiger partial charge in [0, 0.05) is 0 Å². The highest BCUT2D eigenvalue weighted by atomic mass is 28.2. The maximum atomic E-state index is 3.61. The van der Waals surface area contributed by atoms with Crippen LogP contribution in [0.2, 0.25) is 6.04 Å². The molecule has 0 aliphatic rings. The molecule has 0 amide bonds. The highest BCUT2D eigenvalue weighted by molar-refractivity contribution is 6.32. The van der Waals surface area contributed by atoms with E-state index in [-0.39, 0.29) is 9.68 Å². The van der Waals surface area contributed by atoms with Crippen LogP contribution in [0, 0.1) is 0 Å². The molecule has 0 saturated carbocycles. The summed E-state index contributed by atoms with van der Waals surface area (Å²) in [6, 6.07) is 1.39. The summed E-state index contributed by atoms with van der Waals surface area (Å²) in [5, 5.41) is 0. The second-order valence-corrected chi connectivity index (χ2v) is 5.22. The van der Waals surface area contributed by atoms with Crippen LogP contribution in [-0.2, 0) is 0 Å². The molecule has 0 aromatic carbocycles. The molecule has 0 unspecified atom stereocenters. The Morgan fingerprint density at radius 1 is 1.17 bits per heavy atom. The van der Waals surface area contributed by atoms with Crippen LogP contribution < -0.4 is 4.98 Å². The van der Waals surface area contributed by atoms with Crippen molar-refractivity contribution in [3.8, 4) is 0 Å². The van der Waals surface area contributed by atoms with Gasteiger partial charge in [0.15, 0.2) is 0 Å². The minimum Gasteiger partial charge on any atom is -0.316 e. The zero-order valence-corrected chi connectivity index (χ0v) is 10.5. The van der Waals surface area contributed by atoms with E-state index in [0.29, 0.717) is 6.29 Å². The van der Waals surface area contributed by atoms with Crippen molar-refractivity contribution in [3.63, 3.8) is 0 Å². The number of hydrogen-bond donors (Lipinski definition) is 1. The smallest absolute Gasteiger partial charge is 0.109 e. The van der Waals surface area contributed by atoms with Gasteiger partial charge in [-0.3, -0.25) is 9.80 Å². The second kappa shape index (κ2) is 6.60. The molecule has 12 heavy (non-hydrogen) atoms. The molecule has 0 aromatic heterocycles. The van der Waals surface area contributed by atoms with Gasteiger partial charge in [-0.05, 0) is 28.2 Å². The Balaban J connectivity index is 3.64. The van der Waals surface area contributed by atoms with Gasteiger partial charge in [0.1, 0.15) is 6.29 Å². The Labute approximate surface area is 79.0 Å². The topological polar surface area (TPSA) is 18.5 Å². The lowest BCUT2D eigenvalue weighted by molar-refractivity contribution is 0.118. The average Bonchev–Trinajstić information content (AvgIpc) is 1.96. The normalized spacial score (nSPS) is 13.0. The summed E-state index contributed by atoms with van der Waals surface area (Å²) in [5.74, 6) is 0.